The van der Waals surface area contributed by atoms with Gasteiger partial charge in [-0.1, -0.05) is 6.42 Å². The van der Waals surface area contributed by atoms with Crippen molar-refractivity contribution in [2.45, 2.75) is 57.4 Å². The van der Waals surface area contributed by atoms with Crippen LogP contribution < -0.4 is 5.32 Å². The molecule has 0 spiro atoms. The smallest absolute Gasteiger partial charge is 0.320 e. The number of likely N-dealkylation sites (tertiary alicyclic amines) is 2. The lowest BCUT2D eigenvalue weighted by molar-refractivity contribution is -0.127. The van der Waals surface area contributed by atoms with E-state index in [2.05, 4.69) is 5.32 Å². The van der Waals surface area contributed by atoms with Crippen LogP contribution in [0.2, 0.25) is 0 Å². The minimum atomic E-state index is -0.00516. The van der Waals surface area contributed by atoms with Crippen LogP contribution in [-0.4, -0.2) is 54.0 Å². The van der Waals surface area contributed by atoms with Gasteiger partial charge in [0.15, 0.2) is 0 Å². The molecule has 5 heteroatoms. The molecule has 0 aromatic carbocycles. The molecule has 4 aliphatic rings. The number of carbonyl (C=O) groups excluding carboxylic acids is 2. The fourth-order valence-electron chi connectivity index (χ4n) is 5.20. The molecule has 5 nitrogen and oxygen atoms in total. The number of piperidine rings is 1. The molecule has 3 amide bonds. The van der Waals surface area contributed by atoms with Gasteiger partial charge in [0.2, 0.25) is 5.91 Å². The Hall–Kier alpha value is -1.26. The normalized spacial score (nSPS) is 36.5. The van der Waals surface area contributed by atoms with Gasteiger partial charge in [-0.05, 0) is 56.8 Å². The molecule has 128 valence electrons. The minimum Gasteiger partial charge on any atom is -0.353 e. The summed E-state index contributed by atoms with van der Waals surface area (Å²) in [5.41, 5.74) is 0. The molecule has 2 saturated heterocycles. The van der Waals surface area contributed by atoms with E-state index in [0.29, 0.717) is 12.6 Å². The topological polar surface area (TPSA) is 52.7 Å². The fourth-order valence-corrected chi connectivity index (χ4v) is 5.20. The van der Waals surface area contributed by atoms with Crippen molar-refractivity contribution in [2.75, 3.05) is 26.2 Å². The van der Waals surface area contributed by atoms with Gasteiger partial charge in [0.1, 0.15) is 0 Å². The van der Waals surface area contributed by atoms with Gasteiger partial charge >= 0.3 is 6.03 Å². The van der Waals surface area contributed by atoms with Crippen molar-refractivity contribution in [3.05, 3.63) is 0 Å². The maximum absolute atomic E-state index is 12.7. The first-order valence-electron chi connectivity index (χ1n) is 9.55. The summed E-state index contributed by atoms with van der Waals surface area (Å²) in [7, 11) is 0. The van der Waals surface area contributed by atoms with Crippen molar-refractivity contribution in [1.29, 1.82) is 0 Å². The first kappa shape index (κ1) is 15.3. The van der Waals surface area contributed by atoms with Crippen LogP contribution in [0.5, 0.6) is 0 Å². The highest BCUT2D eigenvalue weighted by Crippen LogP contribution is 2.44. The van der Waals surface area contributed by atoms with Crippen LogP contribution >= 0.6 is 0 Å². The van der Waals surface area contributed by atoms with Crippen LogP contribution in [0.3, 0.4) is 0 Å². The molecule has 2 aliphatic carbocycles. The Morgan fingerprint density at radius 1 is 0.870 bits per heavy atom. The van der Waals surface area contributed by atoms with Crippen molar-refractivity contribution in [1.82, 2.24) is 15.1 Å². The molecule has 0 radical (unpaired) electrons. The number of amides is 3. The van der Waals surface area contributed by atoms with Gasteiger partial charge in [-0.3, -0.25) is 4.79 Å². The molecule has 2 bridgehead atoms. The summed E-state index contributed by atoms with van der Waals surface area (Å²) in [4.78, 5) is 29.1. The molecular formula is C18H29N3O2. The average molecular weight is 319 g/mol. The Kier molecular flexibility index (Phi) is 4.20. The van der Waals surface area contributed by atoms with Crippen LogP contribution in [0, 0.1) is 17.8 Å². The van der Waals surface area contributed by atoms with E-state index >= 15 is 0 Å². The lowest BCUT2D eigenvalue weighted by Crippen LogP contribution is -2.51. The van der Waals surface area contributed by atoms with Crippen LogP contribution in [0.4, 0.5) is 4.79 Å². The van der Waals surface area contributed by atoms with E-state index in [-0.39, 0.29) is 17.9 Å². The Labute approximate surface area is 138 Å². The monoisotopic (exact) mass is 319 g/mol. The second-order valence-electron chi connectivity index (χ2n) is 8.05. The Balaban J connectivity index is 1.31. The molecule has 4 rings (SSSR count). The summed E-state index contributed by atoms with van der Waals surface area (Å²) < 4.78 is 0. The number of rotatable bonds is 2. The average Bonchev–Trinajstić information content (AvgIpc) is 3.32. The highest BCUT2D eigenvalue weighted by atomic mass is 16.2. The lowest BCUT2D eigenvalue weighted by atomic mass is 9.93. The molecule has 4 fully saturated rings. The van der Waals surface area contributed by atoms with E-state index in [1.54, 1.807) is 0 Å². The van der Waals surface area contributed by atoms with E-state index in [4.69, 9.17) is 0 Å². The summed E-state index contributed by atoms with van der Waals surface area (Å²) in [5, 5.41) is 3.32. The number of carbonyl (C=O) groups is 2. The van der Waals surface area contributed by atoms with Gasteiger partial charge in [0, 0.05) is 32.2 Å². The number of hydrogen-bond donors (Lipinski definition) is 1. The Morgan fingerprint density at radius 3 is 2.35 bits per heavy atom. The predicted molar refractivity (Wildman–Crippen MR) is 87.9 cm³/mol. The van der Waals surface area contributed by atoms with Gasteiger partial charge in [0.05, 0.1) is 5.92 Å². The third kappa shape index (κ3) is 3.07. The van der Waals surface area contributed by atoms with Gasteiger partial charge in [-0.2, -0.15) is 0 Å². The van der Waals surface area contributed by atoms with Crippen LogP contribution in [0.25, 0.3) is 0 Å². The van der Waals surface area contributed by atoms with E-state index in [1.807, 2.05) is 9.80 Å². The number of nitrogens with one attached hydrogen (secondary N) is 1. The summed E-state index contributed by atoms with van der Waals surface area (Å²) >= 11 is 0. The standard InChI is InChI=1S/C18H29N3O2/c22-17(19-16-11-13-5-6-14(16)10-13)15-4-3-9-21(12-15)18(23)20-7-1-2-8-20/h13-16H,1-12H2,(H,19,22). The fraction of sp³-hybridized carbons (Fsp3) is 0.889. The Bertz CT molecular complexity index is 475. The van der Waals surface area contributed by atoms with Gasteiger partial charge in [-0.25, -0.2) is 4.79 Å². The van der Waals surface area contributed by atoms with Crippen molar-refractivity contribution in [2.24, 2.45) is 17.8 Å². The molecule has 2 aliphatic heterocycles. The molecule has 0 aromatic heterocycles. The molecule has 2 saturated carbocycles. The Morgan fingerprint density at radius 2 is 1.65 bits per heavy atom. The second-order valence-corrected chi connectivity index (χ2v) is 8.05. The van der Waals surface area contributed by atoms with E-state index in [0.717, 1.165) is 57.2 Å². The summed E-state index contributed by atoms with van der Waals surface area (Å²) in [6.45, 7) is 3.20. The number of hydrogen-bond acceptors (Lipinski definition) is 2. The highest BCUT2D eigenvalue weighted by Gasteiger charge is 2.41. The third-order valence-corrected chi connectivity index (χ3v) is 6.51. The highest BCUT2D eigenvalue weighted by molar-refractivity contribution is 5.81. The summed E-state index contributed by atoms with van der Waals surface area (Å²) in [6, 6.07) is 0.561. The van der Waals surface area contributed by atoms with Gasteiger partial charge in [0.25, 0.3) is 0 Å². The van der Waals surface area contributed by atoms with E-state index in [1.165, 1.54) is 25.7 Å². The molecule has 2 heterocycles. The number of nitrogens with zero attached hydrogens (tertiary/aromatic N) is 2. The molecule has 4 unspecified atom stereocenters. The van der Waals surface area contributed by atoms with E-state index < -0.39 is 0 Å². The zero-order chi connectivity index (χ0) is 15.8. The minimum absolute atomic E-state index is 0.00516. The maximum Gasteiger partial charge on any atom is 0.320 e. The largest absolute Gasteiger partial charge is 0.353 e. The van der Waals surface area contributed by atoms with E-state index in [9.17, 15) is 9.59 Å². The maximum atomic E-state index is 12.7. The first-order chi connectivity index (χ1) is 11.2. The second kappa shape index (κ2) is 6.33. The van der Waals surface area contributed by atoms with Gasteiger partial charge < -0.3 is 15.1 Å². The number of fused-ring (bicyclic) bond motifs is 2. The number of urea groups is 1. The van der Waals surface area contributed by atoms with Crippen LogP contribution in [0.1, 0.15) is 51.4 Å². The zero-order valence-corrected chi connectivity index (χ0v) is 14.0. The molecular weight excluding hydrogens is 290 g/mol. The molecule has 4 atom stereocenters. The molecule has 1 N–H and O–H groups in total. The van der Waals surface area contributed by atoms with Crippen molar-refractivity contribution in [3.63, 3.8) is 0 Å². The molecule has 0 aromatic rings. The van der Waals surface area contributed by atoms with Crippen LogP contribution in [0.15, 0.2) is 0 Å². The predicted octanol–water partition coefficient (Wildman–Crippen LogP) is 2.22. The van der Waals surface area contributed by atoms with Crippen molar-refractivity contribution in [3.8, 4) is 0 Å². The van der Waals surface area contributed by atoms with Crippen LogP contribution in [-0.2, 0) is 4.79 Å². The summed E-state index contributed by atoms with van der Waals surface area (Å²) in [5.74, 6) is 1.76. The van der Waals surface area contributed by atoms with Crippen molar-refractivity contribution < 1.29 is 9.59 Å². The molecule has 23 heavy (non-hydrogen) atoms. The lowest BCUT2D eigenvalue weighted by Gasteiger charge is -2.35. The summed E-state index contributed by atoms with van der Waals surface area (Å²) in [6.07, 6.45) is 9.26. The van der Waals surface area contributed by atoms with Crippen molar-refractivity contribution >= 4 is 11.9 Å². The zero-order valence-electron chi connectivity index (χ0n) is 14.0. The van der Waals surface area contributed by atoms with Gasteiger partial charge in [-0.15, -0.1) is 0 Å². The SMILES string of the molecule is O=C(NC1CC2CCC1C2)C1CCCN(C(=O)N2CCCC2)C1. The third-order valence-electron chi connectivity index (χ3n) is 6.51. The first-order valence-corrected chi connectivity index (χ1v) is 9.55. The quantitative estimate of drug-likeness (QED) is 0.848.